The highest BCUT2D eigenvalue weighted by atomic mass is 79.9. The highest BCUT2D eigenvalue weighted by molar-refractivity contribution is 9.10. The third-order valence-corrected chi connectivity index (χ3v) is 11.1. The average molecular weight is 852 g/mol. The van der Waals surface area contributed by atoms with Crippen molar-refractivity contribution in [2.75, 3.05) is 13.2 Å². The number of nitro groups is 1. The summed E-state index contributed by atoms with van der Waals surface area (Å²) in [5.74, 6) is 1.27. The molecule has 0 heterocycles. The van der Waals surface area contributed by atoms with Crippen LogP contribution in [0.2, 0.25) is 0 Å². The van der Waals surface area contributed by atoms with Gasteiger partial charge < -0.3 is 19.7 Å². The Balaban J connectivity index is 2.68. The second-order valence-electron chi connectivity index (χ2n) is 20.1. The van der Waals surface area contributed by atoms with Gasteiger partial charge in [-0.25, -0.2) is 0 Å². The molecule has 1 atom stereocenters. The monoisotopic (exact) mass is 850 g/mol. The Morgan fingerprint density at radius 2 is 1.09 bits per heavy atom. The minimum atomic E-state index is -1.75. The lowest BCUT2D eigenvalue weighted by atomic mass is 9.69. The molecule has 0 saturated carbocycles. The first-order valence-electron chi connectivity index (χ1n) is 20.7. The molecule has 3 aromatic carbocycles. The predicted octanol–water partition coefficient (Wildman–Crippen LogP) is 13.0. The van der Waals surface area contributed by atoms with Crippen LogP contribution in [0, 0.1) is 16.0 Å². The lowest BCUT2D eigenvalue weighted by molar-refractivity contribution is -0.385. The molecule has 8 nitrogen and oxygen atoms in total. The fourth-order valence-corrected chi connectivity index (χ4v) is 7.58. The van der Waals surface area contributed by atoms with E-state index in [0.29, 0.717) is 24.3 Å². The zero-order chi connectivity index (χ0) is 43.5. The molecule has 0 radical (unpaired) electrons. The maximum Gasteiger partial charge on any atom is 0.271 e. The molecule has 0 aliphatic heterocycles. The summed E-state index contributed by atoms with van der Waals surface area (Å²) in [5, 5.41) is 37.1. The van der Waals surface area contributed by atoms with Crippen LogP contribution in [-0.2, 0) is 27.3 Å². The van der Waals surface area contributed by atoms with Crippen molar-refractivity contribution in [1.29, 1.82) is 0 Å². The van der Waals surface area contributed by atoms with Crippen LogP contribution in [0.5, 0.6) is 17.2 Å². The van der Waals surface area contributed by atoms with Crippen molar-refractivity contribution in [2.45, 2.75) is 170 Å². The molecule has 0 bridgehead atoms. The first-order chi connectivity index (χ1) is 26.1. The van der Waals surface area contributed by atoms with E-state index >= 15 is 0 Å². The Morgan fingerprint density at radius 3 is 1.39 bits per heavy atom. The zero-order valence-corrected chi connectivity index (χ0v) is 39.3. The molecule has 316 valence electrons. The number of nitro benzene ring substituents is 1. The molecule has 0 saturated heterocycles. The number of phenolic OH excluding ortho intramolecular Hbond substituents is 1. The molecular weight excluding hydrogens is 780 g/mol. The number of rotatable bonds is 15. The van der Waals surface area contributed by atoms with Gasteiger partial charge in [-0.15, -0.1) is 0 Å². The highest BCUT2D eigenvalue weighted by Gasteiger charge is 2.46. The van der Waals surface area contributed by atoms with Gasteiger partial charge in [0.2, 0.25) is 0 Å². The van der Waals surface area contributed by atoms with Gasteiger partial charge in [0.05, 0.1) is 28.7 Å². The smallest absolute Gasteiger partial charge is 0.271 e. The second-order valence-corrected chi connectivity index (χ2v) is 20.9. The second kappa shape index (κ2) is 18.2. The van der Waals surface area contributed by atoms with Crippen LogP contribution < -0.4 is 9.47 Å². The maximum absolute atomic E-state index is 14.1. The van der Waals surface area contributed by atoms with Crippen LogP contribution >= 0.6 is 15.9 Å². The summed E-state index contributed by atoms with van der Waals surface area (Å²) < 4.78 is 13.5. The minimum Gasteiger partial charge on any atom is -0.506 e. The third kappa shape index (κ3) is 11.2. The van der Waals surface area contributed by atoms with E-state index in [4.69, 9.17) is 14.5 Å². The Hall–Kier alpha value is -3.43. The molecule has 9 heteroatoms. The summed E-state index contributed by atoms with van der Waals surface area (Å²) in [7, 11) is 0. The van der Waals surface area contributed by atoms with Crippen LogP contribution in [0.25, 0.3) is 0 Å². The van der Waals surface area contributed by atoms with Crippen molar-refractivity contribution >= 4 is 27.8 Å². The van der Waals surface area contributed by atoms with Gasteiger partial charge in [-0.1, -0.05) is 124 Å². The van der Waals surface area contributed by atoms with Crippen LogP contribution in [0.1, 0.15) is 175 Å². The number of benzene rings is 3. The van der Waals surface area contributed by atoms with E-state index in [2.05, 4.69) is 137 Å². The number of aliphatic imine (C=N–C) groups is 1. The summed E-state index contributed by atoms with van der Waals surface area (Å²) in [6.45, 7) is 35.5. The largest absolute Gasteiger partial charge is 0.506 e. The van der Waals surface area contributed by atoms with E-state index < -0.39 is 16.6 Å². The lowest BCUT2D eigenvalue weighted by Gasteiger charge is -2.41. The normalized spacial score (nSPS) is 13.7. The van der Waals surface area contributed by atoms with Gasteiger partial charge in [0.15, 0.2) is 0 Å². The number of halogens is 1. The first-order valence-corrected chi connectivity index (χ1v) is 21.5. The van der Waals surface area contributed by atoms with E-state index in [1.54, 1.807) is 0 Å². The van der Waals surface area contributed by atoms with Crippen LogP contribution in [0.4, 0.5) is 5.69 Å². The van der Waals surface area contributed by atoms with Gasteiger partial charge >= 0.3 is 0 Å². The molecule has 57 heavy (non-hydrogen) atoms. The van der Waals surface area contributed by atoms with Crippen molar-refractivity contribution in [2.24, 2.45) is 10.9 Å². The van der Waals surface area contributed by atoms with Gasteiger partial charge in [-0.2, -0.15) is 0 Å². The maximum atomic E-state index is 14.1. The van der Waals surface area contributed by atoms with Crippen molar-refractivity contribution < 1.29 is 24.6 Å². The molecule has 0 aliphatic carbocycles. The standard InChI is InChI=1S/C48H71BrN2O6/c1-17-19-21-56-41-35(44(5,6)7)24-32(25-36(41)45(8,9)10)48(53,43(30(3)4)50-29-31-23-34(51(54)55)28-39(49)40(31)52)33-26-37(46(11,12)13)42(57-22-20-18-2)38(27-33)47(14,15)16/h23-30,43,52-53H,17-22H2,1-16H3. The van der Waals surface area contributed by atoms with E-state index in [1.165, 1.54) is 18.3 Å². The topological polar surface area (TPSA) is 114 Å². The van der Waals surface area contributed by atoms with Gasteiger partial charge in [-0.3, -0.25) is 15.1 Å². The number of phenols is 1. The SMILES string of the molecule is CCCCOc1c(C(C)(C)C)cc(C(O)(c2cc(C(C)(C)C)c(OCCCC)c(C(C)(C)C)c2)C(N=Cc2cc([N+](=O)[O-])cc(Br)c2O)C(C)C)cc1C(C)(C)C. The van der Waals surface area contributed by atoms with E-state index in [1.807, 2.05) is 13.8 Å². The molecule has 0 aromatic heterocycles. The fourth-order valence-electron chi connectivity index (χ4n) is 7.11. The van der Waals surface area contributed by atoms with Crippen LogP contribution in [0.3, 0.4) is 0 Å². The molecule has 0 fully saturated rings. The number of hydrogen-bond acceptors (Lipinski definition) is 7. The van der Waals surface area contributed by atoms with Crippen molar-refractivity contribution in [3.05, 3.63) is 89.9 Å². The summed E-state index contributed by atoms with van der Waals surface area (Å²) in [4.78, 5) is 16.5. The van der Waals surface area contributed by atoms with E-state index in [0.717, 1.165) is 59.4 Å². The highest BCUT2D eigenvalue weighted by Crippen LogP contribution is 2.50. The quantitative estimate of drug-likeness (QED) is 0.0681. The lowest BCUT2D eigenvalue weighted by Crippen LogP contribution is -2.44. The molecule has 0 spiro atoms. The number of nitrogens with zero attached hydrogens (tertiary/aromatic N) is 2. The molecule has 0 aliphatic rings. The van der Waals surface area contributed by atoms with E-state index in [9.17, 15) is 20.3 Å². The molecule has 3 rings (SSSR count). The molecule has 1 unspecified atom stereocenters. The summed E-state index contributed by atoms with van der Waals surface area (Å²) in [6.07, 6.45) is 5.30. The van der Waals surface area contributed by atoms with Crippen LogP contribution in [-0.4, -0.2) is 40.6 Å². The van der Waals surface area contributed by atoms with Crippen molar-refractivity contribution in [1.82, 2.24) is 0 Å². The first kappa shape index (κ1) is 47.9. The van der Waals surface area contributed by atoms with Crippen LogP contribution in [0.15, 0.2) is 45.9 Å². The Kier molecular flexibility index (Phi) is 15.3. The summed E-state index contributed by atoms with van der Waals surface area (Å²) >= 11 is 3.29. The fraction of sp³-hybridized carbons (Fsp3) is 0.604. The number of non-ortho nitro benzene ring substituents is 1. The Labute approximate surface area is 352 Å². The molecule has 0 amide bonds. The zero-order valence-electron chi connectivity index (χ0n) is 37.7. The third-order valence-electron chi connectivity index (χ3n) is 10.5. The summed E-state index contributed by atoms with van der Waals surface area (Å²) in [5.41, 5.74) is 2.05. The van der Waals surface area contributed by atoms with Gasteiger partial charge in [0, 0.05) is 46.2 Å². The molecule has 3 aromatic rings. The number of ether oxygens (including phenoxy) is 2. The molecular formula is C48H71BrN2O6. The van der Waals surface area contributed by atoms with Crippen molar-refractivity contribution in [3.63, 3.8) is 0 Å². The van der Waals surface area contributed by atoms with Gasteiger partial charge in [-0.05, 0) is 91.7 Å². The number of unbranched alkanes of at least 4 members (excludes halogenated alkanes) is 2. The predicted molar refractivity (Wildman–Crippen MR) is 240 cm³/mol. The minimum absolute atomic E-state index is 0.167. The molecule has 2 N–H and O–H groups in total. The number of hydrogen-bond donors (Lipinski definition) is 2. The average Bonchev–Trinajstić information content (AvgIpc) is 3.07. The number of aliphatic hydroxyl groups is 1. The van der Waals surface area contributed by atoms with Gasteiger partial charge in [0.1, 0.15) is 22.8 Å². The summed E-state index contributed by atoms with van der Waals surface area (Å²) in [6, 6.07) is 10.1. The van der Waals surface area contributed by atoms with E-state index in [-0.39, 0.29) is 49.1 Å². The van der Waals surface area contributed by atoms with Crippen molar-refractivity contribution in [3.8, 4) is 17.2 Å². The Morgan fingerprint density at radius 1 is 0.719 bits per heavy atom. The number of aromatic hydroxyl groups is 1. The Bertz CT molecular complexity index is 1740. The van der Waals surface area contributed by atoms with Gasteiger partial charge in [0.25, 0.3) is 5.69 Å².